The highest BCUT2D eigenvalue weighted by Crippen LogP contribution is 2.65. The van der Waals surface area contributed by atoms with Crippen LogP contribution < -0.4 is 15.0 Å². The second-order valence-electron chi connectivity index (χ2n) is 10.3. The maximum absolute atomic E-state index is 13.0. The van der Waals surface area contributed by atoms with Crippen LogP contribution in [0.4, 0.5) is 20.3 Å². The third-order valence-corrected chi connectivity index (χ3v) is 8.15. The summed E-state index contributed by atoms with van der Waals surface area (Å²) in [5.41, 5.74) is 4.22. The van der Waals surface area contributed by atoms with Gasteiger partial charge in [0.2, 0.25) is 5.91 Å². The Hall–Kier alpha value is -4.05. The SMILES string of the molecule is CN1CCN(c2ccc(-c3n[nH]c4cc(C5C[C@@]56C(=O)Nc5ccc(OC(F)F)cc56)ccc34)cn2)CC1. The lowest BCUT2D eigenvalue weighted by Gasteiger charge is -2.33. The van der Waals surface area contributed by atoms with Gasteiger partial charge in [-0.2, -0.15) is 13.9 Å². The number of nitrogens with zero attached hydrogens (tertiary/aromatic N) is 4. The van der Waals surface area contributed by atoms with Gasteiger partial charge in [-0.1, -0.05) is 12.1 Å². The number of benzene rings is 2. The van der Waals surface area contributed by atoms with Crippen LogP contribution in [0.3, 0.4) is 0 Å². The number of alkyl halides is 2. The molecule has 1 unspecified atom stereocenters. The molecule has 2 atom stereocenters. The molecule has 4 aromatic rings. The normalized spacial score (nSPS) is 22.8. The number of H-pyrrole nitrogens is 1. The number of ether oxygens (including phenoxy) is 1. The van der Waals surface area contributed by atoms with Gasteiger partial charge in [0.25, 0.3) is 0 Å². The second kappa shape index (κ2) is 8.49. The average Bonchev–Trinajstić information content (AvgIpc) is 3.44. The van der Waals surface area contributed by atoms with Gasteiger partial charge in [-0.05, 0) is 61.0 Å². The number of carbonyl (C=O) groups excluding carboxylic acids is 1. The van der Waals surface area contributed by atoms with E-state index in [4.69, 9.17) is 4.98 Å². The second-order valence-corrected chi connectivity index (χ2v) is 10.3. The fourth-order valence-corrected chi connectivity index (χ4v) is 5.97. The number of halogens is 2. The predicted octanol–water partition coefficient (Wildman–Crippen LogP) is 4.36. The Morgan fingerprint density at radius 3 is 2.68 bits per heavy atom. The van der Waals surface area contributed by atoms with Crippen molar-refractivity contribution >= 4 is 28.3 Å². The fraction of sp³-hybridized carbons (Fsp3) is 0.321. The van der Waals surface area contributed by atoms with Crippen LogP contribution in [-0.2, 0) is 10.2 Å². The molecule has 1 saturated carbocycles. The highest BCUT2D eigenvalue weighted by molar-refractivity contribution is 6.10. The Morgan fingerprint density at radius 1 is 1.08 bits per heavy atom. The van der Waals surface area contributed by atoms with Crippen molar-refractivity contribution in [1.82, 2.24) is 20.1 Å². The number of fused-ring (bicyclic) bond motifs is 3. The number of piperazine rings is 1. The molecular weight excluding hydrogens is 490 g/mol. The molecule has 7 rings (SSSR count). The molecule has 1 amide bonds. The summed E-state index contributed by atoms with van der Waals surface area (Å²) in [6.07, 6.45) is 2.47. The molecule has 194 valence electrons. The zero-order valence-electron chi connectivity index (χ0n) is 20.7. The van der Waals surface area contributed by atoms with Gasteiger partial charge in [-0.3, -0.25) is 9.89 Å². The summed E-state index contributed by atoms with van der Waals surface area (Å²) < 4.78 is 30.1. The number of rotatable bonds is 5. The molecule has 2 N–H and O–H groups in total. The maximum atomic E-state index is 13.0. The van der Waals surface area contributed by atoms with Crippen molar-refractivity contribution in [3.8, 4) is 17.0 Å². The van der Waals surface area contributed by atoms with Gasteiger partial charge < -0.3 is 19.9 Å². The number of aromatic nitrogens is 3. The number of amides is 1. The molecule has 0 bridgehead atoms. The summed E-state index contributed by atoms with van der Waals surface area (Å²) in [5.74, 6) is 0.858. The van der Waals surface area contributed by atoms with Crippen LogP contribution in [0.1, 0.15) is 23.5 Å². The average molecular weight is 517 g/mol. The third kappa shape index (κ3) is 3.62. The zero-order valence-corrected chi connectivity index (χ0v) is 20.7. The molecule has 1 saturated heterocycles. The Labute approximate surface area is 217 Å². The highest BCUT2D eigenvalue weighted by Gasteiger charge is 2.65. The van der Waals surface area contributed by atoms with Crippen molar-refractivity contribution in [3.63, 3.8) is 0 Å². The van der Waals surface area contributed by atoms with Gasteiger partial charge >= 0.3 is 6.61 Å². The van der Waals surface area contributed by atoms with Crippen LogP contribution in [0.25, 0.3) is 22.2 Å². The van der Waals surface area contributed by atoms with Crippen LogP contribution in [0.2, 0.25) is 0 Å². The molecule has 1 aliphatic carbocycles. The third-order valence-electron chi connectivity index (χ3n) is 8.15. The smallest absolute Gasteiger partial charge is 0.387 e. The topological polar surface area (TPSA) is 86.4 Å². The molecule has 3 aliphatic rings. The predicted molar refractivity (Wildman–Crippen MR) is 140 cm³/mol. The van der Waals surface area contributed by atoms with Gasteiger partial charge in [0.05, 0.1) is 10.9 Å². The summed E-state index contributed by atoms with van der Waals surface area (Å²) >= 11 is 0. The molecule has 2 aromatic heterocycles. The van der Waals surface area contributed by atoms with E-state index in [-0.39, 0.29) is 17.6 Å². The highest BCUT2D eigenvalue weighted by atomic mass is 19.3. The fourth-order valence-electron chi connectivity index (χ4n) is 5.97. The van der Waals surface area contributed by atoms with Crippen LogP contribution in [0.5, 0.6) is 5.75 Å². The van der Waals surface area contributed by atoms with E-state index in [9.17, 15) is 13.6 Å². The van der Waals surface area contributed by atoms with Crippen LogP contribution in [0, 0.1) is 0 Å². The van der Waals surface area contributed by atoms with E-state index in [1.54, 1.807) is 12.1 Å². The molecule has 2 fully saturated rings. The largest absolute Gasteiger partial charge is 0.435 e. The standard InChI is InChI=1S/C28H26F2N6O2/c1-35-8-10-36(11-9-35)24-7-3-17(15-31-24)25-19-5-2-16(12-23(19)33-34-25)21-14-28(21)20-13-18(38-27(29)30)4-6-22(20)32-26(28)37/h2-7,12-13,15,21,27H,8-11,14H2,1H3,(H,32,37)(H,33,34)/t21?,28-/m0/s1. The van der Waals surface area contributed by atoms with E-state index in [0.29, 0.717) is 17.7 Å². The minimum absolute atomic E-state index is 0.0567. The lowest BCUT2D eigenvalue weighted by atomic mass is 9.91. The van der Waals surface area contributed by atoms with Crippen molar-refractivity contribution in [3.05, 3.63) is 65.9 Å². The quantitative estimate of drug-likeness (QED) is 0.410. The Kier molecular flexibility index (Phi) is 5.16. The van der Waals surface area contributed by atoms with E-state index < -0.39 is 12.0 Å². The number of carbonyl (C=O) groups is 1. The van der Waals surface area contributed by atoms with Crippen molar-refractivity contribution in [2.75, 3.05) is 43.4 Å². The Bertz CT molecular complexity index is 1550. The van der Waals surface area contributed by atoms with Crippen molar-refractivity contribution in [2.45, 2.75) is 24.4 Å². The van der Waals surface area contributed by atoms with Crippen LogP contribution in [0.15, 0.2) is 54.7 Å². The molecule has 2 aromatic carbocycles. The maximum Gasteiger partial charge on any atom is 0.387 e. The number of hydrogen-bond acceptors (Lipinski definition) is 6. The molecule has 2 aliphatic heterocycles. The van der Waals surface area contributed by atoms with Gasteiger partial charge in [0, 0.05) is 54.9 Å². The lowest BCUT2D eigenvalue weighted by molar-refractivity contribution is -0.118. The number of pyridine rings is 1. The molecule has 38 heavy (non-hydrogen) atoms. The minimum atomic E-state index is -2.92. The summed E-state index contributed by atoms with van der Waals surface area (Å²) in [7, 11) is 2.13. The van der Waals surface area contributed by atoms with E-state index in [1.807, 2.05) is 30.5 Å². The van der Waals surface area contributed by atoms with Crippen LogP contribution >= 0.6 is 0 Å². The van der Waals surface area contributed by atoms with Crippen LogP contribution in [-0.4, -0.2) is 65.8 Å². The Balaban J connectivity index is 1.15. The monoisotopic (exact) mass is 516 g/mol. The molecular formula is C28H26F2N6O2. The van der Waals surface area contributed by atoms with Gasteiger partial charge in [-0.25, -0.2) is 4.98 Å². The first-order valence-corrected chi connectivity index (χ1v) is 12.7. The molecule has 8 nitrogen and oxygen atoms in total. The van der Waals surface area contributed by atoms with E-state index in [0.717, 1.165) is 59.7 Å². The van der Waals surface area contributed by atoms with E-state index in [2.05, 4.69) is 43.2 Å². The van der Waals surface area contributed by atoms with E-state index >= 15 is 0 Å². The summed E-state index contributed by atoms with van der Waals surface area (Å²) in [5, 5.41) is 11.6. The van der Waals surface area contributed by atoms with Crippen molar-refractivity contribution in [2.24, 2.45) is 0 Å². The minimum Gasteiger partial charge on any atom is -0.435 e. The van der Waals surface area contributed by atoms with Gasteiger partial charge in [0.1, 0.15) is 17.3 Å². The molecule has 0 radical (unpaired) electrons. The lowest BCUT2D eigenvalue weighted by Crippen LogP contribution is -2.44. The first kappa shape index (κ1) is 23.1. The van der Waals surface area contributed by atoms with Gasteiger partial charge in [-0.15, -0.1) is 0 Å². The van der Waals surface area contributed by atoms with E-state index in [1.165, 1.54) is 6.07 Å². The molecule has 10 heteroatoms. The first-order chi connectivity index (χ1) is 18.4. The zero-order chi connectivity index (χ0) is 26.0. The summed E-state index contributed by atoms with van der Waals surface area (Å²) in [6.45, 7) is 1.05. The number of nitrogens with one attached hydrogen (secondary N) is 2. The van der Waals surface area contributed by atoms with Gasteiger partial charge in [0.15, 0.2) is 0 Å². The summed E-state index contributed by atoms with van der Waals surface area (Å²) in [6, 6.07) is 14.8. The molecule has 4 heterocycles. The Morgan fingerprint density at radius 2 is 1.92 bits per heavy atom. The number of aromatic amines is 1. The summed E-state index contributed by atoms with van der Waals surface area (Å²) in [4.78, 5) is 22.3. The number of anilines is 2. The number of likely N-dealkylation sites (N-methyl/N-ethyl adjacent to an activating group) is 1. The van der Waals surface area contributed by atoms with Crippen molar-refractivity contribution < 1.29 is 18.3 Å². The number of hydrogen-bond donors (Lipinski definition) is 2. The first-order valence-electron chi connectivity index (χ1n) is 12.7. The molecule has 1 spiro atoms. The van der Waals surface area contributed by atoms with Crippen molar-refractivity contribution in [1.29, 1.82) is 0 Å².